The molecule has 0 saturated heterocycles. The molecule has 0 N–H and O–H groups in total. The highest BCUT2D eigenvalue weighted by Crippen LogP contribution is 2.44. The van der Waals surface area contributed by atoms with Crippen LogP contribution in [0.2, 0.25) is 0 Å². The summed E-state index contributed by atoms with van der Waals surface area (Å²) < 4.78 is 4.99. The fraction of sp³-hybridized carbons (Fsp3) is 0. The number of fused-ring (bicyclic) bond motifs is 6. The van der Waals surface area contributed by atoms with Crippen molar-refractivity contribution in [3.8, 4) is 50.2 Å². The summed E-state index contributed by atoms with van der Waals surface area (Å²) in [6.45, 7) is 0. The van der Waals surface area contributed by atoms with Crippen molar-refractivity contribution < 1.29 is 0 Å². The monoisotopic (exact) mass is 820 g/mol. The number of anilines is 3. The van der Waals surface area contributed by atoms with E-state index in [1.807, 2.05) is 11.3 Å². The van der Waals surface area contributed by atoms with Crippen molar-refractivity contribution in [1.82, 2.24) is 4.57 Å². The highest BCUT2D eigenvalue weighted by atomic mass is 32.1. The van der Waals surface area contributed by atoms with E-state index in [2.05, 4.69) is 252 Å². The van der Waals surface area contributed by atoms with Crippen molar-refractivity contribution >= 4 is 70.4 Å². The molecule has 63 heavy (non-hydrogen) atoms. The molecule has 2 heterocycles. The number of benzene rings is 10. The maximum absolute atomic E-state index is 2.40. The van der Waals surface area contributed by atoms with Crippen molar-refractivity contribution in [2.45, 2.75) is 0 Å². The minimum atomic E-state index is 1.10. The number of nitrogens with zero attached hydrogens (tertiary/aromatic N) is 2. The molecule has 0 amide bonds. The van der Waals surface area contributed by atoms with Crippen molar-refractivity contribution in [2.75, 3.05) is 4.90 Å². The van der Waals surface area contributed by atoms with E-state index in [9.17, 15) is 0 Å². The average molecular weight is 821 g/mol. The first kappa shape index (κ1) is 36.8. The van der Waals surface area contributed by atoms with E-state index in [-0.39, 0.29) is 0 Å². The van der Waals surface area contributed by atoms with Gasteiger partial charge in [0.2, 0.25) is 0 Å². The van der Waals surface area contributed by atoms with Gasteiger partial charge in [0.1, 0.15) is 0 Å². The van der Waals surface area contributed by atoms with Crippen LogP contribution in [0.15, 0.2) is 243 Å². The Bertz CT molecular complexity index is 3600. The molecule has 0 aliphatic rings. The van der Waals surface area contributed by atoms with Crippen LogP contribution in [-0.4, -0.2) is 4.57 Å². The summed E-state index contributed by atoms with van der Waals surface area (Å²) in [5.41, 5.74) is 16.4. The summed E-state index contributed by atoms with van der Waals surface area (Å²) in [5, 5.41) is 5.08. The Morgan fingerprint density at radius 1 is 0.286 bits per heavy atom. The van der Waals surface area contributed by atoms with Gasteiger partial charge in [0.15, 0.2) is 0 Å². The molecule has 10 aromatic carbocycles. The third kappa shape index (κ3) is 6.58. The Hall–Kier alpha value is -7.98. The molecule has 0 radical (unpaired) electrons. The van der Waals surface area contributed by atoms with E-state index >= 15 is 0 Å². The number of thiophene rings is 1. The molecule has 0 spiro atoms. The van der Waals surface area contributed by atoms with Crippen LogP contribution in [0.4, 0.5) is 17.1 Å². The largest absolute Gasteiger partial charge is 0.310 e. The number of hydrogen-bond acceptors (Lipinski definition) is 2. The Kier molecular flexibility index (Phi) is 9.06. The second-order valence-electron chi connectivity index (χ2n) is 16.1. The summed E-state index contributed by atoms with van der Waals surface area (Å²) in [7, 11) is 0. The fourth-order valence-corrected chi connectivity index (χ4v) is 10.5. The molecule has 0 aliphatic heterocycles. The lowest BCUT2D eigenvalue weighted by Gasteiger charge is -2.26. The quantitative estimate of drug-likeness (QED) is 0.148. The van der Waals surface area contributed by atoms with E-state index in [1.165, 1.54) is 80.9 Å². The van der Waals surface area contributed by atoms with Crippen LogP contribution in [0.3, 0.4) is 0 Å². The van der Waals surface area contributed by atoms with Gasteiger partial charge >= 0.3 is 0 Å². The predicted molar refractivity (Wildman–Crippen MR) is 270 cm³/mol. The van der Waals surface area contributed by atoms with Crippen molar-refractivity contribution in [1.29, 1.82) is 0 Å². The third-order valence-electron chi connectivity index (χ3n) is 12.4. The van der Waals surface area contributed by atoms with Gasteiger partial charge in [-0.2, -0.15) is 0 Å². The summed E-state index contributed by atoms with van der Waals surface area (Å²) in [5.74, 6) is 0. The molecule has 3 heteroatoms. The number of aromatic nitrogens is 1. The molecule has 12 aromatic rings. The second-order valence-corrected chi connectivity index (χ2v) is 17.2. The molecule has 0 atom stereocenters. The normalized spacial score (nSPS) is 11.5. The second kappa shape index (κ2) is 15.5. The zero-order chi connectivity index (χ0) is 41.7. The third-order valence-corrected chi connectivity index (χ3v) is 13.5. The molecule has 0 fully saturated rings. The highest BCUT2D eigenvalue weighted by molar-refractivity contribution is 7.25. The molecule has 12 rings (SSSR count). The van der Waals surface area contributed by atoms with Crippen LogP contribution in [0.1, 0.15) is 0 Å². The van der Waals surface area contributed by atoms with Crippen molar-refractivity contribution in [2.24, 2.45) is 0 Å². The summed E-state index contributed by atoms with van der Waals surface area (Å²) in [6, 6.07) is 88.5. The molecule has 0 aliphatic carbocycles. The van der Waals surface area contributed by atoms with Crippen LogP contribution in [-0.2, 0) is 0 Å². The van der Waals surface area contributed by atoms with E-state index in [0.29, 0.717) is 0 Å². The van der Waals surface area contributed by atoms with Gasteiger partial charge in [-0.25, -0.2) is 0 Å². The van der Waals surface area contributed by atoms with E-state index in [0.717, 1.165) is 28.3 Å². The van der Waals surface area contributed by atoms with Gasteiger partial charge in [-0.3, -0.25) is 0 Å². The topological polar surface area (TPSA) is 8.17 Å². The SMILES string of the molecule is c1ccc(-c2ccc(N(c3cccc(-c4ccc(-c5ccc6c7ccccc7n(-c7ccccc7)c6c5)cc4-c4ccccc4)c3)c3ccc4sc5ccccc5c4c3)cc2)cc1. The molecule has 0 saturated carbocycles. The molecular formula is C60H40N2S. The average Bonchev–Trinajstić information content (AvgIpc) is 3.90. The standard InChI is InChI=1S/C60H40N2S/c1-4-15-41(16-5-1)42-27-31-48(32-28-42)61(50-33-36-60-56(40-50)54-24-11-13-26-59(54)63-60)49-22-14-19-46(37-49)51-34-29-44(38-55(51)43-17-6-2-7-18-43)45-30-35-53-52-23-10-12-25-57(52)62(58(53)39-45)47-20-8-3-9-21-47/h1-40H. The Balaban J connectivity index is 1.00. The molecule has 2 aromatic heterocycles. The van der Waals surface area contributed by atoms with E-state index in [1.54, 1.807) is 0 Å². The Labute approximate surface area is 370 Å². The molecular weight excluding hydrogens is 781 g/mol. The Morgan fingerprint density at radius 2 is 0.857 bits per heavy atom. The lowest BCUT2D eigenvalue weighted by atomic mass is 9.90. The molecule has 296 valence electrons. The first-order valence-electron chi connectivity index (χ1n) is 21.5. The van der Waals surface area contributed by atoms with Crippen molar-refractivity contribution in [3.63, 3.8) is 0 Å². The lowest BCUT2D eigenvalue weighted by Crippen LogP contribution is -2.10. The van der Waals surface area contributed by atoms with Crippen LogP contribution < -0.4 is 4.90 Å². The Morgan fingerprint density at radius 3 is 1.67 bits per heavy atom. The van der Waals surface area contributed by atoms with Gasteiger partial charge in [0.05, 0.1) is 11.0 Å². The lowest BCUT2D eigenvalue weighted by molar-refractivity contribution is 1.18. The minimum absolute atomic E-state index is 1.10. The van der Waals surface area contributed by atoms with Gasteiger partial charge in [-0.15, -0.1) is 11.3 Å². The first-order chi connectivity index (χ1) is 31.2. The fourth-order valence-electron chi connectivity index (χ4n) is 9.38. The number of para-hydroxylation sites is 2. The van der Waals surface area contributed by atoms with Crippen LogP contribution in [0.5, 0.6) is 0 Å². The highest BCUT2D eigenvalue weighted by Gasteiger charge is 2.19. The van der Waals surface area contributed by atoms with Crippen LogP contribution >= 0.6 is 11.3 Å². The number of rotatable bonds is 8. The molecule has 2 nitrogen and oxygen atoms in total. The van der Waals surface area contributed by atoms with Gasteiger partial charge in [0.25, 0.3) is 0 Å². The van der Waals surface area contributed by atoms with Crippen molar-refractivity contribution in [3.05, 3.63) is 243 Å². The number of hydrogen-bond donors (Lipinski definition) is 0. The van der Waals surface area contributed by atoms with Crippen LogP contribution in [0.25, 0.3) is 92.2 Å². The summed E-state index contributed by atoms with van der Waals surface area (Å²) >= 11 is 1.85. The maximum Gasteiger partial charge on any atom is 0.0547 e. The zero-order valence-corrected chi connectivity index (χ0v) is 35.2. The van der Waals surface area contributed by atoms with Gasteiger partial charge in [-0.1, -0.05) is 164 Å². The zero-order valence-electron chi connectivity index (χ0n) is 34.4. The van der Waals surface area contributed by atoms with Crippen LogP contribution in [0, 0.1) is 0 Å². The van der Waals surface area contributed by atoms with E-state index in [4.69, 9.17) is 0 Å². The van der Waals surface area contributed by atoms with E-state index < -0.39 is 0 Å². The van der Waals surface area contributed by atoms with Gasteiger partial charge in [-0.05, 0) is 123 Å². The summed E-state index contributed by atoms with van der Waals surface area (Å²) in [6.07, 6.45) is 0. The first-order valence-corrected chi connectivity index (χ1v) is 22.3. The smallest absolute Gasteiger partial charge is 0.0547 e. The molecule has 0 unspecified atom stereocenters. The maximum atomic E-state index is 2.40. The predicted octanol–water partition coefficient (Wildman–Crippen LogP) is 17.3. The minimum Gasteiger partial charge on any atom is -0.310 e. The molecule has 0 bridgehead atoms. The van der Waals surface area contributed by atoms with Gasteiger partial charge in [0, 0.05) is 53.7 Å². The summed E-state index contributed by atoms with van der Waals surface area (Å²) in [4.78, 5) is 2.40. The van der Waals surface area contributed by atoms with Gasteiger partial charge < -0.3 is 9.47 Å².